The van der Waals surface area contributed by atoms with Crippen LogP contribution in [0.4, 0.5) is 8.78 Å². The second-order valence-electron chi connectivity index (χ2n) is 5.18. The number of hydrogen-bond acceptors (Lipinski definition) is 6. The predicted molar refractivity (Wildman–Crippen MR) is 60.1 cm³/mol. The summed E-state index contributed by atoms with van der Waals surface area (Å²) in [6.45, 7) is 1.72. The van der Waals surface area contributed by atoms with E-state index in [0.29, 0.717) is 0 Å². The Morgan fingerprint density at radius 3 is 2.40 bits per heavy atom. The van der Waals surface area contributed by atoms with Crippen LogP contribution in [0.25, 0.3) is 0 Å². The van der Waals surface area contributed by atoms with Gasteiger partial charge in [0, 0.05) is 5.92 Å². The molecule has 3 N–H and O–H groups in total. The molecule has 1 heterocycles. The van der Waals surface area contributed by atoms with Crippen molar-refractivity contribution in [1.29, 1.82) is 0 Å². The summed E-state index contributed by atoms with van der Waals surface area (Å²) in [6, 6.07) is 0. The van der Waals surface area contributed by atoms with Gasteiger partial charge in [0.1, 0.15) is 0 Å². The van der Waals surface area contributed by atoms with E-state index in [2.05, 4.69) is 4.74 Å². The predicted octanol–water partition coefficient (Wildman–Crippen LogP) is -0.0661. The molecule has 0 radical (unpaired) electrons. The summed E-state index contributed by atoms with van der Waals surface area (Å²) in [5, 5.41) is 13.9. The number of hydrogen-bond donors (Lipinski definition) is 3. The summed E-state index contributed by atoms with van der Waals surface area (Å²) in [4.78, 5) is 0. The zero-order valence-electron chi connectivity index (χ0n) is 10.5. The van der Waals surface area contributed by atoms with Crippen LogP contribution in [0.3, 0.4) is 0 Å². The molecule has 1 saturated heterocycles. The Balaban J connectivity index is 2.00. The van der Waals surface area contributed by atoms with Gasteiger partial charge in [0.05, 0.1) is 12.2 Å². The molecule has 0 amide bonds. The van der Waals surface area contributed by atoms with Gasteiger partial charge in [-0.1, -0.05) is 0 Å². The first-order valence-electron chi connectivity index (χ1n) is 6.06. The first kappa shape index (κ1) is 16.0. The molecule has 1 saturated carbocycles. The van der Waals surface area contributed by atoms with Crippen LogP contribution in [0.5, 0.6) is 0 Å². The topological polar surface area (TPSA) is 113 Å². The highest BCUT2D eigenvalue weighted by molar-refractivity contribution is 7.86. The van der Waals surface area contributed by atoms with Crippen molar-refractivity contribution >= 4 is 10.1 Å². The third kappa shape index (κ3) is 2.68. The van der Waals surface area contributed by atoms with E-state index in [-0.39, 0.29) is 30.8 Å². The fraction of sp³-hybridized carbons (Fsp3) is 1.00. The summed E-state index contributed by atoms with van der Waals surface area (Å²) >= 11 is 0. The fourth-order valence-corrected chi connectivity index (χ4v) is 3.15. The lowest BCUT2D eigenvalue weighted by Crippen LogP contribution is -2.44. The maximum atomic E-state index is 13.1. The maximum Gasteiger partial charge on any atom is 0.418 e. The van der Waals surface area contributed by atoms with Crippen molar-refractivity contribution in [3.05, 3.63) is 0 Å². The summed E-state index contributed by atoms with van der Waals surface area (Å²) in [5.74, 6) is -0.414. The molecule has 2 fully saturated rings. The van der Waals surface area contributed by atoms with E-state index in [1.54, 1.807) is 6.92 Å². The largest absolute Gasteiger partial charge is 0.418 e. The molecule has 2 aliphatic rings. The van der Waals surface area contributed by atoms with Crippen LogP contribution in [0.1, 0.15) is 19.8 Å². The molecule has 1 aliphatic carbocycles. The van der Waals surface area contributed by atoms with Crippen molar-refractivity contribution < 1.29 is 41.4 Å². The SMILES string of the molecule is CC1OC(O)C2CC(OC(O)C(F)(F)S(=O)(=O)O)CC12. The Morgan fingerprint density at radius 2 is 1.90 bits per heavy atom. The van der Waals surface area contributed by atoms with E-state index >= 15 is 0 Å². The molecule has 0 spiro atoms. The molecule has 1 aliphatic heterocycles. The standard InChI is InChI=1S/C10H16F2O7S/c1-4-6-2-5(3-7(6)8(13)18-4)19-9(14)10(11,12)20(15,16)17/h4-9,13-14H,2-3H2,1H3,(H,15,16,17). The lowest BCUT2D eigenvalue weighted by Gasteiger charge is -2.24. The minimum Gasteiger partial charge on any atom is -0.368 e. The molecule has 10 heteroatoms. The molecule has 6 unspecified atom stereocenters. The Labute approximate surface area is 114 Å². The van der Waals surface area contributed by atoms with Gasteiger partial charge in [0.15, 0.2) is 6.29 Å². The number of alkyl halides is 2. The van der Waals surface area contributed by atoms with Crippen LogP contribution in [-0.2, 0) is 19.6 Å². The van der Waals surface area contributed by atoms with Gasteiger partial charge in [-0.15, -0.1) is 0 Å². The van der Waals surface area contributed by atoms with Crippen LogP contribution >= 0.6 is 0 Å². The van der Waals surface area contributed by atoms with E-state index in [1.165, 1.54) is 0 Å². The van der Waals surface area contributed by atoms with Crippen LogP contribution in [0.15, 0.2) is 0 Å². The van der Waals surface area contributed by atoms with Crippen LogP contribution in [-0.4, -0.2) is 53.2 Å². The van der Waals surface area contributed by atoms with Gasteiger partial charge in [0.25, 0.3) is 0 Å². The zero-order chi connectivity index (χ0) is 15.3. The summed E-state index contributed by atoms with van der Waals surface area (Å²) in [7, 11) is -5.77. The summed E-state index contributed by atoms with van der Waals surface area (Å²) in [6.07, 6.45) is -4.69. The Bertz CT molecular complexity index is 452. The molecule has 0 aromatic heterocycles. The minimum atomic E-state index is -5.77. The molecule has 2 rings (SSSR count). The van der Waals surface area contributed by atoms with Gasteiger partial charge in [-0.3, -0.25) is 4.55 Å². The average molecular weight is 318 g/mol. The summed E-state index contributed by atoms with van der Waals surface area (Å²) in [5.41, 5.74) is 0. The quantitative estimate of drug-likeness (QED) is 0.491. The van der Waals surface area contributed by atoms with E-state index in [9.17, 15) is 22.3 Å². The molecular formula is C10H16F2O7S. The van der Waals surface area contributed by atoms with Gasteiger partial charge >= 0.3 is 15.4 Å². The molecule has 6 atom stereocenters. The molecule has 118 valence electrons. The highest BCUT2D eigenvalue weighted by atomic mass is 32.2. The third-order valence-corrected chi connectivity index (χ3v) is 4.79. The number of ether oxygens (including phenoxy) is 2. The fourth-order valence-electron chi connectivity index (χ4n) is 2.84. The molecule has 20 heavy (non-hydrogen) atoms. The van der Waals surface area contributed by atoms with E-state index in [4.69, 9.17) is 14.4 Å². The van der Waals surface area contributed by atoms with Gasteiger partial charge in [-0.2, -0.15) is 17.2 Å². The number of aliphatic hydroxyl groups excluding tert-OH is 2. The van der Waals surface area contributed by atoms with Crippen molar-refractivity contribution in [2.75, 3.05) is 0 Å². The van der Waals surface area contributed by atoms with E-state index in [0.717, 1.165) is 0 Å². The molecule has 0 bridgehead atoms. The van der Waals surface area contributed by atoms with E-state index in [1.807, 2.05) is 0 Å². The smallest absolute Gasteiger partial charge is 0.368 e. The number of aliphatic hydroxyl groups is 2. The number of rotatable bonds is 4. The average Bonchev–Trinajstić information content (AvgIpc) is 2.80. The molecule has 7 nitrogen and oxygen atoms in total. The Kier molecular flexibility index (Phi) is 4.08. The van der Waals surface area contributed by atoms with Crippen molar-refractivity contribution in [3.63, 3.8) is 0 Å². The monoisotopic (exact) mass is 318 g/mol. The van der Waals surface area contributed by atoms with Gasteiger partial charge in [-0.25, -0.2) is 0 Å². The Hall–Kier alpha value is -0.390. The third-order valence-electron chi connectivity index (χ3n) is 3.90. The first-order valence-corrected chi connectivity index (χ1v) is 7.50. The van der Waals surface area contributed by atoms with Crippen LogP contribution in [0.2, 0.25) is 0 Å². The second kappa shape index (κ2) is 5.11. The normalized spacial score (nSPS) is 39.8. The summed E-state index contributed by atoms with van der Waals surface area (Å²) < 4.78 is 65.4. The van der Waals surface area contributed by atoms with Gasteiger partial charge in [-0.05, 0) is 25.7 Å². The second-order valence-corrected chi connectivity index (χ2v) is 6.67. The van der Waals surface area contributed by atoms with Crippen molar-refractivity contribution in [2.45, 2.75) is 49.8 Å². The van der Waals surface area contributed by atoms with Crippen LogP contribution < -0.4 is 0 Å². The zero-order valence-corrected chi connectivity index (χ0v) is 11.3. The number of fused-ring (bicyclic) bond motifs is 1. The highest BCUT2D eigenvalue weighted by Gasteiger charge is 2.55. The number of halogens is 2. The van der Waals surface area contributed by atoms with Gasteiger partial charge < -0.3 is 19.7 Å². The van der Waals surface area contributed by atoms with Crippen LogP contribution in [0, 0.1) is 11.8 Å². The molecular weight excluding hydrogens is 302 g/mol. The molecule has 0 aromatic carbocycles. The minimum absolute atomic E-state index is 0.110. The van der Waals surface area contributed by atoms with Gasteiger partial charge in [0.2, 0.25) is 6.29 Å². The Morgan fingerprint density at radius 1 is 1.35 bits per heavy atom. The molecule has 0 aromatic rings. The van der Waals surface area contributed by atoms with E-state index < -0.39 is 34.1 Å². The lowest BCUT2D eigenvalue weighted by atomic mass is 9.95. The van der Waals surface area contributed by atoms with Crippen molar-refractivity contribution in [1.82, 2.24) is 0 Å². The first-order chi connectivity index (χ1) is 9.04. The lowest BCUT2D eigenvalue weighted by molar-refractivity contribution is -0.221. The maximum absolute atomic E-state index is 13.1. The van der Waals surface area contributed by atoms with Crippen molar-refractivity contribution in [3.8, 4) is 0 Å². The highest BCUT2D eigenvalue weighted by Crippen LogP contribution is 2.45. The van der Waals surface area contributed by atoms with Crippen molar-refractivity contribution in [2.24, 2.45) is 11.8 Å².